The number of H-pyrrole nitrogens is 1. The summed E-state index contributed by atoms with van der Waals surface area (Å²) in [6, 6.07) is 9.38. The molecule has 2 unspecified atom stereocenters. The highest BCUT2D eigenvalue weighted by molar-refractivity contribution is 5.86. The largest absolute Gasteiger partial charge is 0.357 e. The van der Waals surface area contributed by atoms with Gasteiger partial charge in [0.1, 0.15) is 0 Å². The maximum Gasteiger partial charge on any atom is 0.0499 e. The normalized spacial score (nSPS) is 28.6. The lowest BCUT2D eigenvalue weighted by molar-refractivity contribution is 0.143. The zero-order chi connectivity index (χ0) is 10.7. The van der Waals surface area contributed by atoms with Crippen molar-refractivity contribution < 1.29 is 0 Å². The number of piperidine rings is 1. The van der Waals surface area contributed by atoms with Crippen LogP contribution >= 0.6 is 0 Å². The predicted molar refractivity (Wildman–Crippen MR) is 65.6 cm³/mol. The van der Waals surface area contributed by atoms with Crippen molar-refractivity contribution in [1.29, 1.82) is 0 Å². The number of benzene rings is 1. The molecule has 0 saturated carbocycles. The van der Waals surface area contributed by atoms with Gasteiger partial charge in [-0.3, -0.25) is 4.90 Å². The van der Waals surface area contributed by atoms with Crippen LogP contribution in [0.3, 0.4) is 0 Å². The van der Waals surface area contributed by atoms with Crippen molar-refractivity contribution in [3.05, 3.63) is 35.5 Å². The monoisotopic (exact) mass is 212 g/mol. The van der Waals surface area contributed by atoms with Crippen molar-refractivity contribution in [2.45, 2.75) is 24.8 Å². The maximum absolute atomic E-state index is 3.64. The van der Waals surface area contributed by atoms with Gasteiger partial charge in [-0.1, -0.05) is 18.2 Å². The number of hydrogen-bond donors (Lipinski definition) is 1. The van der Waals surface area contributed by atoms with E-state index in [1.807, 2.05) is 0 Å². The number of aromatic amines is 1. The van der Waals surface area contributed by atoms with Crippen molar-refractivity contribution in [3.8, 4) is 0 Å². The van der Waals surface area contributed by atoms with Crippen LogP contribution in [-0.2, 0) is 0 Å². The number of hydrogen-bond acceptors (Lipinski definition) is 1. The van der Waals surface area contributed by atoms with Crippen molar-refractivity contribution >= 4 is 10.9 Å². The van der Waals surface area contributed by atoms with E-state index in [2.05, 4.69) is 41.2 Å². The molecule has 0 spiro atoms. The minimum absolute atomic E-state index is 0.632. The van der Waals surface area contributed by atoms with Gasteiger partial charge in [0.15, 0.2) is 0 Å². The van der Waals surface area contributed by atoms with Crippen molar-refractivity contribution in [1.82, 2.24) is 9.88 Å². The first kappa shape index (κ1) is 8.82. The van der Waals surface area contributed by atoms with Crippen LogP contribution in [0.2, 0.25) is 0 Å². The van der Waals surface area contributed by atoms with Gasteiger partial charge in [0.25, 0.3) is 0 Å². The number of aromatic nitrogens is 1. The number of nitrogens with one attached hydrogen (secondary N) is 1. The summed E-state index contributed by atoms with van der Waals surface area (Å²) in [5.74, 6) is 0.751. The summed E-state index contributed by atoms with van der Waals surface area (Å²) < 4.78 is 0. The Morgan fingerprint density at radius 3 is 3.00 bits per heavy atom. The molecule has 2 aromatic rings. The lowest BCUT2D eigenvalue weighted by Gasteiger charge is -2.43. The van der Waals surface area contributed by atoms with E-state index in [1.54, 1.807) is 5.56 Å². The molecule has 2 aliphatic heterocycles. The summed E-state index contributed by atoms with van der Waals surface area (Å²) in [7, 11) is 2.26. The smallest absolute Gasteiger partial charge is 0.0499 e. The van der Waals surface area contributed by atoms with Crippen LogP contribution in [0.4, 0.5) is 0 Å². The topological polar surface area (TPSA) is 19.0 Å². The third kappa shape index (κ3) is 0.957. The second-order valence-electron chi connectivity index (χ2n) is 5.23. The predicted octanol–water partition coefficient (Wildman–Crippen LogP) is 3.03. The lowest BCUT2D eigenvalue weighted by atomic mass is 9.77. The fourth-order valence-corrected chi connectivity index (χ4v) is 3.63. The zero-order valence-electron chi connectivity index (χ0n) is 9.53. The molecule has 82 valence electrons. The second kappa shape index (κ2) is 2.89. The van der Waals surface area contributed by atoms with E-state index in [9.17, 15) is 0 Å². The van der Waals surface area contributed by atoms with Crippen LogP contribution in [0.15, 0.2) is 24.3 Å². The molecule has 1 aliphatic carbocycles. The summed E-state index contributed by atoms with van der Waals surface area (Å²) in [5.41, 5.74) is 4.43. The van der Waals surface area contributed by atoms with Crippen LogP contribution in [0, 0.1) is 0 Å². The Bertz CT molecular complexity index is 555. The Hall–Kier alpha value is -1.28. The van der Waals surface area contributed by atoms with Crippen molar-refractivity contribution in [2.24, 2.45) is 0 Å². The molecule has 1 N–H and O–H groups in total. The number of rotatable bonds is 0. The van der Waals surface area contributed by atoms with Crippen LogP contribution in [0.25, 0.3) is 10.9 Å². The van der Waals surface area contributed by atoms with Crippen molar-refractivity contribution in [3.63, 3.8) is 0 Å². The SMILES string of the molecule is CN1CC2CCC1c1[nH]c3ccccc3c12. The Labute approximate surface area is 95.3 Å². The summed E-state index contributed by atoms with van der Waals surface area (Å²) in [6.07, 6.45) is 2.69. The Morgan fingerprint density at radius 2 is 2.12 bits per heavy atom. The average Bonchev–Trinajstić information content (AvgIpc) is 2.70. The van der Waals surface area contributed by atoms with Gasteiger partial charge < -0.3 is 4.98 Å². The third-order valence-corrected chi connectivity index (χ3v) is 4.35. The van der Waals surface area contributed by atoms with Gasteiger partial charge in [0.2, 0.25) is 0 Å². The van der Waals surface area contributed by atoms with Gasteiger partial charge in [-0.15, -0.1) is 0 Å². The highest BCUT2D eigenvalue weighted by atomic mass is 15.2. The fourth-order valence-electron chi connectivity index (χ4n) is 3.63. The lowest BCUT2D eigenvalue weighted by Crippen LogP contribution is -2.39. The van der Waals surface area contributed by atoms with E-state index in [4.69, 9.17) is 0 Å². The second-order valence-corrected chi connectivity index (χ2v) is 5.23. The number of fused-ring (bicyclic) bond motifs is 3. The average molecular weight is 212 g/mol. The minimum Gasteiger partial charge on any atom is -0.357 e. The summed E-state index contributed by atoms with van der Waals surface area (Å²) in [4.78, 5) is 6.14. The van der Waals surface area contributed by atoms with Gasteiger partial charge in [-0.2, -0.15) is 0 Å². The molecule has 1 fully saturated rings. The molecule has 5 rings (SSSR count). The van der Waals surface area contributed by atoms with E-state index in [1.165, 1.54) is 36.0 Å². The molecule has 0 amide bonds. The molecule has 2 nitrogen and oxygen atoms in total. The molecule has 2 atom stereocenters. The molecule has 2 heteroatoms. The van der Waals surface area contributed by atoms with Gasteiger partial charge in [-0.05, 0) is 37.4 Å². The molecule has 1 saturated heterocycles. The summed E-state index contributed by atoms with van der Waals surface area (Å²) in [5, 5.41) is 1.46. The first-order chi connectivity index (χ1) is 7.84. The van der Waals surface area contributed by atoms with Crippen LogP contribution in [0.1, 0.15) is 36.1 Å². The van der Waals surface area contributed by atoms with Crippen LogP contribution in [-0.4, -0.2) is 23.5 Å². The molecule has 2 bridgehead atoms. The first-order valence-corrected chi connectivity index (χ1v) is 6.15. The summed E-state index contributed by atoms with van der Waals surface area (Å²) in [6.45, 7) is 1.24. The zero-order valence-corrected chi connectivity index (χ0v) is 9.53. The number of nitrogens with zero attached hydrogens (tertiary/aromatic N) is 1. The van der Waals surface area contributed by atoms with E-state index in [0.29, 0.717) is 6.04 Å². The number of likely N-dealkylation sites (N-methyl/N-ethyl adjacent to an activating group) is 1. The number of para-hydroxylation sites is 1. The van der Waals surface area contributed by atoms with E-state index in [-0.39, 0.29) is 0 Å². The van der Waals surface area contributed by atoms with Crippen molar-refractivity contribution in [2.75, 3.05) is 13.6 Å². The maximum atomic E-state index is 3.64. The quantitative estimate of drug-likeness (QED) is 0.711. The van der Waals surface area contributed by atoms with Gasteiger partial charge >= 0.3 is 0 Å². The first-order valence-electron chi connectivity index (χ1n) is 6.15. The molecule has 1 aromatic carbocycles. The Kier molecular flexibility index (Phi) is 1.59. The molecule has 3 aliphatic rings. The molecule has 0 radical (unpaired) electrons. The Morgan fingerprint density at radius 1 is 1.25 bits per heavy atom. The van der Waals surface area contributed by atoms with E-state index in [0.717, 1.165) is 5.92 Å². The fraction of sp³-hybridized carbons (Fsp3) is 0.429. The summed E-state index contributed by atoms with van der Waals surface area (Å²) >= 11 is 0. The highest BCUT2D eigenvalue weighted by Crippen LogP contribution is 2.48. The molecular weight excluding hydrogens is 196 g/mol. The van der Waals surface area contributed by atoms with Gasteiger partial charge in [0, 0.05) is 29.2 Å². The minimum atomic E-state index is 0.632. The van der Waals surface area contributed by atoms with E-state index < -0.39 is 0 Å². The highest BCUT2D eigenvalue weighted by Gasteiger charge is 2.38. The Balaban J connectivity index is 2.06. The van der Waals surface area contributed by atoms with Gasteiger partial charge in [-0.25, -0.2) is 0 Å². The molecule has 3 heterocycles. The molecule has 16 heavy (non-hydrogen) atoms. The van der Waals surface area contributed by atoms with Crippen LogP contribution in [0.5, 0.6) is 0 Å². The standard InChI is InChI=1S/C14H16N2/c1-16-8-9-6-7-12(16)14-13(9)10-4-2-3-5-11(10)15-14/h2-5,9,12,15H,6-8H2,1H3. The molecule has 1 aromatic heterocycles. The van der Waals surface area contributed by atoms with Crippen LogP contribution < -0.4 is 0 Å². The molecular formula is C14H16N2. The van der Waals surface area contributed by atoms with E-state index >= 15 is 0 Å². The van der Waals surface area contributed by atoms with Gasteiger partial charge in [0.05, 0.1) is 0 Å². The third-order valence-electron chi connectivity index (χ3n) is 4.35.